The molecule has 3 aliphatic heterocycles. The molecule has 202 valence electrons. The van der Waals surface area contributed by atoms with Gasteiger partial charge in [0.1, 0.15) is 12.4 Å². The van der Waals surface area contributed by atoms with Gasteiger partial charge in [-0.1, -0.05) is 0 Å². The van der Waals surface area contributed by atoms with Crippen molar-refractivity contribution in [2.75, 3.05) is 79.9 Å². The Morgan fingerprint density at radius 3 is 2.49 bits per heavy atom. The topological polar surface area (TPSA) is 96.7 Å². The number of carbonyl (C=O) groups excluding carboxylic acids is 2. The summed E-state index contributed by atoms with van der Waals surface area (Å²) >= 11 is 0. The quantitative estimate of drug-likeness (QED) is 0.612. The van der Waals surface area contributed by atoms with E-state index in [4.69, 9.17) is 14.2 Å². The SMILES string of the molecule is COCC(=O)N1CCC2(CC1)CN(C(=O)CN1CCOCC1)[C@@H](CO)c1c2c2ccc(OC)cc2n1C. The lowest BCUT2D eigenvalue weighted by molar-refractivity contribution is -0.142. The summed E-state index contributed by atoms with van der Waals surface area (Å²) in [4.78, 5) is 32.2. The van der Waals surface area contributed by atoms with Gasteiger partial charge in [0.25, 0.3) is 0 Å². The molecule has 4 heterocycles. The number of morpholine rings is 1. The number of aromatic nitrogens is 1. The molecule has 2 aromatic rings. The molecule has 1 aromatic carbocycles. The highest BCUT2D eigenvalue weighted by molar-refractivity contribution is 5.90. The van der Waals surface area contributed by atoms with Crippen LogP contribution in [-0.2, 0) is 31.5 Å². The molecule has 10 heteroatoms. The maximum atomic E-state index is 13.8. The molecule has 0 bridgehead atoms. The zero-order valence-electron chi connectivity index (χ0n) is 22.1. The third-order valence-electron chi connectivity index (χ3n) is 8.45. The van der Waals surface area contributed by atoms with E-state index in [9.17, 15) is 14.7 Å². The van der Waals surface area contributed by atoms with Crippen molar-refractivity contribution in [3.63, 3.8) is 0 Å². The van der Waals surface area contributed by atoms with Crippen molar-refractivity contribution in [3.8, 4) is 5.75 Å². The second kappa shape index (κ2) is 10.6. The van der Waals surface area contributed by atoms with Gasteiger partial charge < -0.3 is 33.7 Å². The first kappa shape index (κ1) is 26.0. The van der Waals surface area contributed by atoms with E-state index in [1.165, 1.54) is 12.7 Å². The molecule has 2 amide bonds. The molecule has 2 saturated heterocycles. The Bertz CT molecular complexity index is 1150. The minimum atomic E-state index is -0.439. The Balaban J connectivity index is 1.56. The van der Waals surface area contributed by atoms with Gasteiger partial charge in [-0.25, -0.2) is 0 Å². The van der Waals surface area contributed by atoms with Gasteiger partial charge in [0.05, 0.1) is 45.0 Å². The average molecular weight is 515 g/mol. The van der Waals surface area contributed by atoms with E-state index in [2.05, 4.69) is 15.5 Å². The number of rotatable bonds is 6. The number of hydrogen-bond donors (Lipinski definition) is 1. The number of nitrogens with zero attached hydrogens (tertiary/aromatic N) is 4. The lowest BCUT2D eigenvalue weighted by Gasteiger charge is -2.50. The van der Waals surface area contributed by atoms with Crippen LogP contribution < -0.4 is 4.74 Å². The van der Waals surface area contributed by atoms with Crippen LogP contribution in [0.1, 0.15) is 30.1 Å². The highest BCUT2D eigenvalue weighted by Crippen LogP contribution is 2.50. The van der Waals surface area contributed by atoms with Crippen molar-refractivity contribution < 1.29 is 28.9 Å². The van der Waals surface area contributed by atoms with Crippen LogP contribution in [0.3, 0.4) is 0 Å². The number of aliphatic hydroxyl groups excluding tert-OH is 1. The zero-order chi connectivity index (χ0) is 26.2. The third-order valence-corrected chi connectivity index (χ3v) is 8.45. The van der Waals surface area contributed by atoms with E-state index in [1.54, 1.807) is 7.11 Å². The maximum absolute atomic E-state index is 13.8. The number of piperidine rings is 1. The number of benzene rings is 1. The van der Waals surface area contributed by atoms with E-state index >= 15 is 0 Å². The molecule has 1 spiro atoms. The van der Waals surface area contributed by atoms with Gasteiger partial charge in [-0.15, -0.1) is 0 Å². The molecular formula is C27H38N4O6. The standard InChI is InChI=1S/C27H38N4O6/c1-28-21-14-19(36-3)4-5-20(21)25-26(28)22(16-32)31(23(33)15-29-10-12-37-13-11-29)18-27(25)6-8-30(9-7-27)24(34)17-35-2/h4-5,14,22,32H,6-13,15-18H2,1-3H3/t22-/m0/s1. The van der Waals surface area contributed by atoms with Gasteiger partial charge in [-0.3, -0.25) is 14.5 Å². The summed E-state index contributed by atoms with van der Waals surface area (Å²) < 4.78 is 18.2. The molecule has 1 atom stereocenters. The van der Waals surface area contributed by atoms with Gasteiger partial charge in [0, 0.05) is 69.4 Å². The Kier molecular flexibility index (Phi) is 7.44. The Labute approximate surface area is 217 Å². The van der Waals surface area contributed by atoms with Crippen LogP contribution in [0.25, 0.3) is 10.9 Å². The number of ether oxygens (including phenoxy) is 3. The molecule has 10 nitrogen and oxygen atoms in total. The second-order valence-electron chi connectivity index (χ2n) is 10.4. The van der Waals surface area contributed by atoms with Crippen LogP contribution in [0.2, 0.25) is 0 Å². The highest BCUT2D eigenvalue weighted by atomic mass is 16.5. The van der Waals surface area contributed by atoms with E-state index in [0.29, 0.717) is 39.4 Å². The summed E-state index contributed by atoms with van der Waals surface area (Å²) in [6.45, 7) is 4.65. The minimum absolute atomic E-state index is 0.00970. The van der Waals surface area contributed by atoms with Crippen molar-refractivity contribution in [1.29, 1.82) is 0 Å². The zero-order valence-corrected chi connectivity index (χ0v) is 22.1. The second-order valence-corrected chi connectivity index (χ2v) is 10.4. The van der Waals surface area contributed by atoms with E-state index in [0.717, 1.165) is 48.3 Å². The number of methoxy groups -OCH3 is 2. The smallest absolute Gasteiger partial charge is 0.248 e. The number of amides is 2. The molecule has 1 N–H and O–H groups in total. The molecule has 0 saturated carbocycles. The molecule has 5 rings (SSSR count). The van der Waals surface area contributed by atoms with E-state index in [-0.39, 0.29) is 30.4 Å². The molecule has 0 unspecified atom stereocenters. The lowest BCUT2D eigenvalue weighted by Crippen LogP contribution is -2.57. The Morgan fingerprint density at radius 1 is 1.11 bits per heavy atom. The van der Waals surface area contributed by atoms with Crippen LogP contribution in [0, 0.1) is 0 Å². The van der Waals surface area contributed by atoms with Crippen LogP contribution in [0.5, 0.6) is 5.75 Å². The van der Waals surface area contributed by atoms with Gasteiger partial charge in [-0.05, 0) is 30.5 Å². The van der Waals surface area contributed by atoms with Crippen LogP contribution in [-0.4, -0.2) is 116 Å². The summed E-state index contributed by atoms with van der Waals surface area (Å²) in [6, 6.07) is 5.65. The van der Waals surface area contributed by atoms with E-state index < -0.39 is 6.04 Å². The van der Waals surface area contributed by atoms with Gasteiger partial charge in [0.2, 0.25) is 11.8 Å². The van der Waals surface area contributed by atoms with Crippen molar-refractivity contribution in [2.45, 2.75) is 24.3 Å². The first-order valence-electron chi connectivity index (χ1n) is 13.1. The molecule has 37 heavy (non-hydrogen) atoms. The predicted octanol–water partition coefficient (Wildman–Crippen LogP) is 0.901. The largest absolute Gasteiger partial charge is 0.497 e. The average Bonchev–Trinajstić information content (AvgIpc) is 3.22. The van der Waals surface area contributed by atoms with Crippen molar-refractivity contribution >= 4 is 22.7 Å². The number of likely N-dealkylation sites (tertiary alicyclic amines) is 1. The van der Waals surface area contributed by atoms with Crippen LogP contribution in [0.15, 0.2) is 18.2 Å². The third kappa shape index (κ3) is 4.60. The number of hydrogen-bond acceptors (Lipinski definition) is 7. The fraction of sp³-hybridized carbons (Fsp3) is 0.630. The van der Waals surface area contributed by atoms with Gasteiger partial charge >= 0.3 is 0 Å². The molecule has 1 aromatic heterocycles. The molecular weight excluding hydrogens is 476 g/mol. The van der Waals surface area contributed by atoms with Gasteiger partial charge in [-0.2, -0.15) is 0 Å². The Hall–Kier alpha value is -2.66. The number of aryl methyl sites for hydroxylation is 1. The summed E-state index contributed by atoms with van der Waals surface area (Å²) in [5.74, 6) is 0.775. The summed E-state index contributed by atoms with van der Waals surface area (Å²) in [6.07, 6.45) is 1.47. The van der Waals surface area contributed by atoms with Crippen LogP contribution in [0.4, 0.5) is 0 Å². The molecule has 2 fully saturated rings. The minimum Gasteiger partial charge on any atom is -0.497 e. The molecule has 0 radical (unpaired) electrons. The van der Waals surface area contributed by atoms with Gasteiger partial charge in [0.15, 0.2) is 0 Å². The first-order chi connectivity index (χ1) is 17.9. The maximum Gasteiger partial charge on any atom is 0.248 e. The summed E-state index contributed by atoms with van der Waals surface area (Å²) in [7, 11) is 5.19. The lowest BCUT2D eigenvalue weighted by atomic mass is 9.68. The summed E-state index contributed by atoms with van der Waals surface area (Å²) in [5.41, 5.74) is 2.87. The van der Waals surface area contributed by atoms with Crippen LogP contribution >= 0.6 is 0 Å². The molecule has 0 aliphatic carbocycles. The highest BCUT2D eigenvalue weighted by Gasteiger charge is 2.49. The monoisotopic (exact) mass is 514 g/mol. The fourth-order valence-corrected chi connectivity index (χ4v) is 6.47. The first-order valence-corrected chi connectivity index (χ1v) is 13.1. The number of carbonyl (C=O) groups is 2. The molecule has 3 aliphatic rings. The fourth-order valence-electron chi connectivity index (χ4n) is 6.47. The van der Waals surface area contributed by atoms with Crippen molar-refractivity contribution in [1.82, 2.24) is 19.3 Å². The Morgan fingerprint density at radius 2 is 1.84 bits per heavy atom. The predicted molar refractivity (Wildman–Crippen MR) is 138 cm³/mol. The number of fused-ring (bicyclic) bond motifs is 4. The van der Waals surface area contributed by atoms with E-state index in [1.807, 2.05) is 29.0 Å². The summed E-state index contributed by atoms with van der Waals surface area (Å²) in [5, 5.41) is 11.8. The normalized spacial score (nSPS) is 21.9. The van der Waals surface area contributed by atoms with Crippen molar-refractivity contribution in [3.05, 3.63) is 29.5 Å². The van der Waals surface area contributed by atoms with Crippen molar-refractivity contribution in [2.24, 2.45) is 7.05 Å². The number of aliphatic hydroxyl groups is 1.